The Morgan fingerprint density at radius 3 is 2.36 bits per heavy atom. The highest BCUT2D eigenvalue weighted by Gasteiger charge is 2.68. The summed E-state index contributed by atoms with van der Waals surface area (Å²) in [6.45, 7) is 5.03. The van der Waals surface area contributed by atoms with Crippen LogP contribution in [0.3, 0.4) is 0 Å². The number of hydrogen-bond donors (Lipinski definition) is 2. The molecule has 0 heterocycles. The first-order chi connectivity index (χ1) is 21.3. The number of carbonyl (C=O) groups excluding carboxylic acids is 5. The number of carboxylic acid groups (broad SMARTS) is 1. The number of carbonyl (C=O) groups is 6. The minimum absolute atomic E-state index is 0.0394. The number of carboxylic acids is 1. The van der Waals surface area contributed by atoms with Gasteiger partial charge >= 0.3 is 17.9 Å². The van der Waals surface area contributed by atoms with E-state index in [1.807, 2.05) is 13.0 Å². The van der Waals surface area contributed by atoms with Gasteiger partial charge in [0.2, 0.25) is 11.7 Å². The van der Waals surface area contributed by atoms with Gasteiger partial charge in [0, 0.05) is 25.2 Å². The Morgan fingerprint density at radius 1 is 0.956 bits per heavy atom. The average Bonchev–Trinajstić information content (AvgIpc) is 3.30. The molecule has 7 atom stereocenters. The molecular weight excluding hydrogens is 578 g/mol. The van der Waals surface area contributed by atoms with Gasteiger partial charge in [-0.2, -0.15) is 0 Å². The van der Waals surface area contributed by atoms with Crippen LogP contribution in [0.1, 0.15) is 96.6 Å². The van der Waals surface area contributed by atoms with Crippen LogP contribution in [0.25, 0.3) is 0 Å². The Kier molecular flexibility index (Phi) is 9.06. The van der Waals surface area contributed by atoms with E-state index in [1.54, 1.807) is 30.3 Å². The van der Waals surface area contributed by atoms with E-state index >= 15 is 0 Å². The quantitative estimate of drug-likeness (QED) is 0.355. The third kappa shape index (κ3) is 5.95. The molecule has 242 valence electrons. The summed E-state index contributed by atoms with van der Waals surface area (Å²) < 4.78 is 11.3. The molecule has 10 nitrogen and oxygen atoms in total. The molecule has 0 aliphatic heterocycles. The fourth-order valence-electron chi connectivity index (χ4n) is 9.20. The molecule has 2 N–H and O–H groups in total. The van der Waals surface area contributed by atoms with Crippen LogP contribution in [0.2, 0.25) is 0 Å². The number of rotatable bonds is 10. The predicted molar refractivity (Wildman–Crippen MR) is 161 cm³/mol. The summed E-state index contributed by atoms with van der Waals surface area (Å²) in [5.41, 5.74) is -0.441. The molecule has 3 saturated carbocycles. The first-order valence-corrected chi connectivity index (χ1v) is 16.0. The molecule has 0 aromatic heterocycles. The molecule has 0 bridgehead atoms. The Balaban J connectivity index is 1.23. The number of ketones is 2. The number of benzene rings is 1. The zero-order chi connectivity index (χ0) is 32.6. The van der Waals surface area contributed by atoms with Crippen LogP contribution in [-0.4, -0.2) is 52.7 Å². The van der Waals surface area contributed by atoms with E-state index in [-0.39, 0.29) is 30.0 Å². The number of ether oxygens (including phenoxy) is 2. The van der Waals surface area contributed by atoms with Crippen LogP contribution in [0, 0.1) is 28.6 Å². The largest absolute Gasteiger partial charge is 0.479 e. The summed E-state index contributed by atoms with van der Waals surface area (Å²) in [6.07, 6.45) is 6.97. The molecule has 4 aliphatic rings. The van der Waals surface area contributed by atoms with Gasteiger partial charge in [-0.1, -0.05) is 49.8 Å². The van der Waals surface area contributed by atoms with Crippen molar-refractivity contribution in [2.24, 2.45) is 28.6 Å². The minimum Gasteiger partial charge on any atom is -0.479 e. The number of nitrogens with one attached hydrogen (secondary N) is 1. The summed E-state index contributed by atoms with van der Waals surface area (Å²) in [5.74, 6) is -2.62. The van der Waals surface area contributed by atoms with Crippen molar-refractivity contribution in [1.82, 2.24) is 5.32 Å². The third-order valence-electron chi connectivity index (χ3n) is 11.5. The zero-order valence-corrected chi connectivity index (χ0v) is 26.3. The van der Waals surface area contributed by atoms with Gasteiger partial charge < -0.3 is 19.9 Å². The molecule has 0 spiro atoms. The summed E-state index contributed by atoms with van der Waals surface area (Å²) >= 11 is 0. The molecular formula is C35H43NO9. The van der Waals surface area contributed by atoms with E-state index in [0.29, 0.717) is 43.1 Å². The Morgan fingerprint density at radius 2 is 1.67 bits per heavy atom. The van der Waals surface area contributed by atoms with E-state index in [9.17, 15) is 33.9 Å². The number of Topliss-reactive ketones (excluding diaryl/α,β-unsaturated/α-hetero) is 1. The lowest BCUT2D eigenvalue weighted by molar-refractivity contribution is -0.191. The number of fused-ring (bicyclic) bond motifs is 5. The van der Waals surface area contributed by atoms with Crippen molar-refractivity contribution < 1.29 is 43.3 Å². The van der Waals surface area contributed by atoms with Crippen LogP contribution < -0.4 is 5.32 Å². The first kappa shape index (κ1) is 32.6. The maximum Gasteiger partial charge on any atom is 0.330 e. The lowest BCUT2D eigenvalue weighted by Crippen LogP contribution is -2.59. The number of esters is 2. The van der Waals surface area contributed by atoms with Gasteiger partial charge in [0.25, 0.3) is 0 Å². The molecule has 1 aromatic carbocycles. The fourth-order valence-corrected chi connectivity index (χ4v) is 9.20. The average molecular weight is 622 g/mol. The second-order valence-electron chi connectivity index (χ2n) is 13.7. The Labute approximate surface area is 263 Å². The number of hydrogen-bond acceptors (Lipinski definition) is 8. The van der Waals surface area contributed by atoms with Crippen molar-refractivity contribution in [1.29, 1.82) is 0 Å². The van der Waals surface area contributed by atoms with E-state index in [1.165, 1.54) is 12.5 Å². The number of aliphatic carboxylic acids is 1. The fraction of sp³-hybridized carbons (Fsp3) is 0.600. The highest BCUT2D eigenvalue weighted by molar-refractivity contribution is 5.94. The molecule has 5 rings (SSSR count). The van der Waals surface area contributed by atoms with E-state index in [0.717, 1.165) is 25.7 Å². The lowest BCUT2D eigenvalue weighted by atomic mass is 9.46. The van der Waals surface area contributed by atoms with Crippen molar-refractivity contribution >= 4 is 35.4 Å². The third-order valence-corrected chi connectivity index (χ3v) is 11.5. The van der Waals surface area contributed by atoms with Crippen LogP contribution >= 0.6 is 0 Å². The van der Waals surface area contributed by atoms with Crippen molar-refractivity contribution in [2.45, 2.75) is 96.6 Å². The number of amides is 1. The zero-order valence-electron chi connectivity index (χ0n) is 26.3. The van der Waals surface area contributed by atoms with E-state index < -0.39 is 53.3 Å². The number of allylic oxidation sites excluding steroid dienone is 1. The van der Waals surface area contributed by atoms with Crippen molar-refractivity contribution in [2.75, 3.05) is 6.61 Å². The van der Waals surface area contributed by atoms with Gasteiger partial charge in [0.1, 0.15) is 0 Å². The maximum atomic E-state index is 13.9. The summed E-state index contributed by atoms with van der Waals surface area (Å²) in [6, 6.07) is 6.96. The van der Waals surface area contributed by atoms with Gasteiger partial charge in [-0.25, -0.2) is 4.79 Å². The smallest absolute Gasteiger partial charge is 0.330 e. The van der Waals surface area contributed by atoms with Gasteiger partial charge in [0.05, 0.1) is 6.42 Å². The van der Waals surface area contributed by atoms with Crippen molar-refractivity contribution in [3.8, 4) is 0 Å². The highest BCUT2D eigenvalue weighted by Crippen LogP contribution is 2.68. The van der Waals surface area contributed by atoms with Gasteiger partial charge in [-0.05, 0) is 79.8 Å². The van der Waals surface area contributed by atoms with Gasteiger partial charge in [-0.3, -0.25) is 24.0 Å². The molecule has 1 amide bonds. The molecule has 3 fully saturated rings. The molecule has 0 unspecified atom stereocenters. The molecule has 0 saturated heterocycles. The summed E-state index contributed by atoms with van der Waals surface area (Å²) in [4.78, 5) is 75.3. The van der Waals surface area contributed by atoms with Crippen molar-refractivity contribution in [3.63, 3.8) is 0 Å². The Bertz CT molecular complexity index is 1420. The minimum atomic E-state index is -1.42. The predicted octanol–water partition coefficient (Wildman–Crippen LogP) is 4.65. The van der Waals surface area contributed by atoms with Crippen LogP contribution in [0.5, 0.6) is 0 Å². The van der Waals surface area contributed by atoms with Crippen molar-refractivity contribution in [3.05, 3.63) is 47.5 Å². The molecule has 10 heteroatoms. The second-order valence-corrected chi connectivity index (χ2v) is 13.7. The Hall–Kier alpha value is -3.82. The van der Waals surface area contributed by atoms with E-state index in [2.05, 4.69) is 12.2 Å². The lowest BCUT2D eigenvalue weighted by Gasteiger charge is -2.59. The standard InChI is InChI=1S/C35H43NO9/c1-21(37)45-35(28(39)20-44-30(41)12-11-29(40)36-31(32(42)43)22-7-5-4-6-8-22)18-15-27-25-10-9-23-19-24(38)13-16-33(23,2)26(25)14-17-34(27,35)3/h4-8,19,25-27,31H,9-18,20H2,1-3H3,(H,36,40)(H,42,43)/t25-,26-,27+,31-,33-,34-,35-/m0/s1. The topological polar surface area (TPSA) is 153 Å². The molecule has 0 radical (unpaired) electrons. The molecule has 45 heavy (non-hydrogen) atoms. The first-order valence-electron chi connectivity index (χ1n) is 16.0. The van der Waals surface area contributed by atoms with Crippen LogP contribution in [0.4, 0.5) is 0 Å². The van der Waals surface area contributed by atoms with Gasteiger partial charge in [0.15, 0.2) is 24.0 Å². The summed E-state index contributed by atoms with van der Waals surface area (Å²) in [7, 11) is 0. The SMILES string of the molecule is CC(=O)O[C@]1(C(=O)COC(=O)CCC(=O)N[C@H](C(=O)O)c2ccccc2)CC[C@@H]2[C@H]3CCC4=CC(=O)CC[C@]4(C)[C@H]3CC[C@@]21C. The van der Waals surface area contributed by atoms with Gasteiger partial charge in [-0.15, -0.1) is 0 Å². The maximum absolute atomic E-state index is 13.9. The highest BCUT2D eigenvalue weighted by atomic mass is 16.6. The normalized spacial score (nSPS) is 32.6. The summed E-state index contributed by atoms with van der Waals surface area (Å²) in [5, 5.41) is 12.0. The second kappa shape index (κ2) is 12.5. The molecule has 4 aliphatic carbocycles. The van der Waals surface area contributed by atoms with Crippen LogP contribution in [0.15, 0.2) is 42.0 Å². The van der Waals surface area contributed by atoms with Crippen LogP contribution in [-0.2, 0) is 38.2 Å². The molecule has 1 aromatic rings. The monoisotopic (exact) mass is 621 g/mol. The van der Waals surface area contributed by atoms with E-state index in [4.69, 9.17) is 9.47 Å².